The first-order valence-electron chi connectivity index (χ1n) is 16.2. The molecule has 0 aliphatic rings. The van der Waals surface area contributed by atoms with Crippen LogP contribution in [-0.4, -0.2) is 47.9 Å². The average Bonchev–Trinajstić information content (AvgIpc) is 3.70. The second-order valence-electron chi connectivity index (χ2n) is 14.8. The Bertz CT molecular complexity index is 2010. The van der Waals surface area contributed by atoms with Crippen molar-refractivity contribution in [3.63, 3.8) is 0 Å². The Labute approximate surface area is 313 Å². The first-order valence-corrected chi connectivity index (χ1v) is 19.7. The van der Waals surface area contributed by atoms with Crippen molar-refractivity contribution in [2.24, 2.45) is 14.1 Å². The van der Waals surface area contributed by atoms with Crippen LogP contribution in [0, 0.1) is 18.0 Å². The van der Waals surface area contributed by atoms with Crippen molar-refractivity contribution < 1.29 is 33.5 Å². The minimum absolute atomic E-state index is 0. The molecular weight excluding hydrogens is 843 g/mol. The fraction of sp³-hybridized carbons (Fsp3) is 0.351. The molecule has 0 aliphatic carbocycles. The van der Waals surface area contributed by atoms with E-state index >= 15 is 0 Å². The number of rotatable bonds is 4. The van der Waals surface area contributed by atoms with Gasteiger partial charge in [-0.1, -0.05) is 91.0 Å². The Morgan fingerprint density at radius 2 is 1.51 bits per heavy atom. The molecule has 0 aromatic carbocycles. The van der Waals surface area contributed by atoms with E-state index in [2.05, 4.69) is 118 Å². The quantitative estimate of drug-likeness (QED) is 0.0896. The van der Waals surface area contributed by atoms with E-state index in [4.69, 9.17) is 0 Å². The van der Waals surface area contributed by atoms with Gasteiger partial charge in [0, 0.05) is 68.3 Å². The molecule has 0 unspecified atom stereocenters. The molecule has 0 saturated heterocycles. The van der Waals surface area contributed by atoms with Crippen molar-refractivity contribution in [2.45, 2.75) is 72.0 Å². The topological polar surface area (TPSA) is 113 Å². The van der Waals surface area contributed by atoms with Crippen LogP contribution in [0.1, 0.15) is 53.2 Å². The molecule has 0 spiro atoms. The van der Waals surface area contributed by atoms with Gasteiger partial charge in [0.25, 0.3) is 0 Å². The maximum atomic E-state index is 13.5. The second kappa shape index (κ2) is 16.7. The molecule has 6 rings (SSSR count). The summed E-state index contributed by atoms with van der Waals surface area (Å²) >= 11 is 0. The van der Waals surface area contributed by atoms with Gasteiger partial charge < -0.3 is 15.1 Å². The SMILES string of the molecule is CC(C)(C)c1n[n-]c(-c2ccccn2)n1.C[Si](C)(C)c1ccc(-c2[c-]cc(F)nc2F)nc1.Cn1nc(C(C)(C)C)nc1-c1cccc[n+]1C.[Ir]. The number of hydrogen-bond donors (Lipinski definition) is 0. The zero-order chi connectivity index (χ0) is 36.9. The van der Waals surface area contributed by atoms with Crippen LogP contribution in [0.5, 0.6) is 0 Å². The molecule has 6 aromatic heterocycles. The molecule has 6 aromatic rings. The molecule has 0 bridgehead atoms. The summed E-state index contributed by atoms with van der Waals surface area (Å²) < 4.78 is 30.0. The first kappa shape index (κ1) is 41.0. The molecule has 1 radical (unpaired) electrons. The van der Waals surface area contributed by atoms with Crippen LogP contribution in [0.3, 0.4) is 0 Å². The first-order chi connectivity index (χ1) is 23.3. The van der Waals surface area contributed by atoms with Gasteiger partial charge in [-0.2, -0.15) is 9.67 Å². The maximum absolute atomic E-state index is 13.5. The molecule has 0 atom stereocenters. The van der Waals surface area contributed by atoms with Crippen LogP contribution in [-0.2, 0) is 45.0 Å². The Morgan fingerprint density at radius 3 is 2.02 bits per heavy atom. The summed E-state index contributed by atoms with van der Waals surface area (Å²) in [4.78, 5) is 20.5. The third-order valence-electron chi connectivity index (χ3n) is 7.37. The molecule has 10 nitrogen and oxygen atoms in total. The number of pyridine rings is 4. The monoisotopic (exact) mass is 888 g/mol. The van der Waals surface area contributed by atoms with Gasteiger partial charge in [0.1, 0.15) is 18.9 Å². The van der Waals surface area contributed by atoms with Gasteiger partial charge in [-0.05, 0) is 34.9 Å². The fourth-order valence-corrected chi connectivity index (χ4v) is 5.42. The van der Waals surface area contributed by atoms with Crippen molar-refractivity contribution in [2.75, 3.05) is 0 Å². The van der Waals surface area contributed by atoms with E-state index < -0.39 is 20.0 Å². The van der Waals surface area contributed by atoms with Gasteiger partial charge >= 0.3 is 0 Å². The number of aromatic nitrogens is 10. The molecule has 271 valence electrons. The van der Waals surface area contributed by atoms with Gasteiger partial charge in [0.15, 0.2) is 12.0 Å². The van der Waals surface area contributed by atoms with Crippen molar-refractivity contribution in [1.29, 1.82) is 0 Å². The van der Waals surface area contributed by atoms with Crippen LogP contribution >= 0.6 is 0 Å². The Balaban J connectivity index is 0.000000205. The van der Waals surface area contributed by atoms with Crippen molar-refractivity contribution in [3.8, 4) is 34.3 Å². The summed E-state index contributed by atoms with van der Waals surface area (Å²) in [5, 5.41) is 13.8. The Kier molecular flexibility index (Phi) is 13.5. The number of nitrogens with zero attached hydrogens (tertiary/aromatic N) is 10. The molecule has 51 heavy (non-hydrogen) atoms. The van der Waals surface area contributed by atoms with Gasteiger partial charge in [0.05, 0.1) is 13.8 Å². The van der Waals surface area contributed by atoms with Crippen LogP contribution in [0.2, 0.25) is 19.6 Å². The van der Waals surface area contributed by atoms with E-state index in [1.807, 2.05) is 61.4 Å². The minimum atomic E-state index is -1.42. The van der Waals surface area contributed by atoms with Crippen LogP contribution in [0.25, 0.3) is 34.3 Å². The van der Waals surface area contributed by atoms with E-state index in [0.717, 1.165) is 34.9 Å². The van der Waals surface area contributed by atoms with Crippen LogP contribution < -0.4 is 14.9 Å². The summed E-state index contributed by atoms with van der Waals surface area (Å²) in [6, 6.07) is 18.9. The molecule has 0 amide bonds. The molecule has 14 heteroatoms. The van der Waals surface area contributed by atoms with E-state index in [1.54, 1.807) is 18.5 Å². The van der Waals surface area contributed by atoms with E-state index in [1.165, 1.54) is 5.19 Å². The minimum Gasteiger partial charge on any atom is -0.420 e. The third kappa shape index (κ3) is 11.0. The molecule has 6 heterocycles. The number of halogens is 2. The van der Waals surface area contributed by atoms with Crippen molar-refractivity contribution in [1.82, 2.24) is 44.9 Å². The summed E-state index contributed by atoms with van der Waals surface area (Å²) in [5.41, 5.74) is 2.25. The summed E-state index contributed by atoms with van der Waals surface area (Å²) in [5.74, 6) is 1.36. The number of hydrogen-bond acceptors (Lipinski definition) is 7. The summed E-state index contributed by atoms with van der Waals surface area (Å²) in [6.07, 6.45) is 5.49. The molecular formula is C37H45F2IrN10Si-. The van der Waals surface area contributed by atoms with Gasteiger partial charge in [-0.15, -0.1) is 6.07 Å². The second-order valence-corrected chi connectivity index (χ2v) is 19.9. The smallest absolute Gasteiger partial charge is 0.249 e. The summed E-state index contributed by atoms with van der Waals surface area (Å²) in [7, 11) is 2.53. The third-order valence-corrected chi connectivity index (χ3v) is 9.39. The maximum Gasteiger partial charge on any atom is 0.249 e. The fourth-order valence-electron chi connectivity index (χ4n) is 4.38. The van der Waals surface area contributed by atoms with E-state index in [9.17, 15) is 8.78 Å². The van der Waals surface area contributed by atoms with E-state index in [-0.39, 0.29) is 36.5 Å². The zero-order valence-corrected chi connectivity index (χ0v) is 34.4. The molecule has 0 aliphatic heterocycles. The predicted molar refractivity (Wildman–Crippen MR) is 193 cm³/mol. The standard InChI is InChI=1S/C13H13F2N2Si.C13H19N4.C11H13N4.Ir/c1-18(2,3)9-4-6-11(16-8-9)10-5-7-12(14)17-13(10)15;1-13(2,3)12-14-11(17(5)15-12)10-8-6-7-9-16(10)4;1-11(2,3)10-13-9(14-15-10)8-6-4-5-7-12-8;/h4,6-8H,1-3H3;6-9H,1-5H3;4-7H,1-3H3;/q-1;+1;-1;. The molecule has 0 N–H and O–H groups in total. The zero-order valence-electron chi connectivity index (χ0n) is 31.0. The van der Waals surface area contributed by atoms with Gasteiger partial charge in [-0.25, -0.2) is 18.4 Å². The van der Waals surface area contributed by atoms with Gasteiger partial charge in [0.2, 0.25) is 11.5 Å². The largest absolute Gasteiger partial charge is 0.420 e. The predicted octanol–water partition coefficient (Wildman–Crippen LogP) is 6.16. The Hall–Kier alpha value is -4.39. The van der Waals surface area contributed by atoms with Crippen LogP contribution in [0.15, 0.2) is 73.2 Å². The Morgan fingerprint density at radius 1 is 0.824 bits per heavy atom. The van der Waals surface area contributed by atoms with E-state index in [0.29, 0.717) is 11.5 Å². The normalized spacial score (nSPS) is 11.5. The summed E-state index contributed by atoms with van der Waals surface area (Å²) in [6.45, 7) is 19.2. The van der Waals surface area contributed by atoms with Crippen LogP contribution in [0.4, 0.5) is 8.78 Å². The van der Waals surface area contributed by atoms with Gasteiger partial charge in [-0.3, -0.25) is 15.1 Å². The van der Waals surface area contributed by atoms with Crippen molar-refractivity contribution in [3.05, 3.63) is 103 Å². The molecule has 0 fully saturated rings. The number of aryl methyl sites for hydroxylation is 2. The van der Waals surface area contributed by atoms with Crippen molar-refractivity contribution >= 4 is 13.3 Å². The average molecular weight is 888 g/mol. The molecule has 0 saturated carbocycles.